The Balaban J connectivity index is 1.76. The standard InChI is InChI=1S/C18H15F3N2O5/c1-10-12(16(25)26-2)7-11(28-10)9-27-15(24)8-23-14-6-4-3-5-13(14)22-17(23)18(19,20)21/h3-7H,8-9H2,1-2H3. The van der Waals surface area contributed by atoms with Crippen molar-refractivity contribution in [1.82, 2.24) is 9.55 Å². The van der Waals surface area contributed by atoms with E-state index in [4.69, 9.17) is 9.15 Å². The summed E-state index contributed by atoms with van der Waals surface area (Å²) in [6, 6.07) is 7.31. The van der Waals surface area contributed by atoms with E-state index in [2.05, 4.69) is 9.72 Å². The second-order valence-corrected chi connectivity index (χ2v) is 5.84. The first kappa shape index (κ1) is 19.5. The number of furan rings is 1. The Morgan fingerprint density at radius 1 is 1.25 bits per heavy atom. The van der Waals surface area contributed by atoms with Gasteiger partial charge in [0.05, 0.1) is 18.1 Å². The van der Waals surface area contributed by atoms with Crippen LogP contribution in [0.5, 0.6) is 0 Å². The van der Waals surface area contributed by atoms with Crippen LogP contribution in [0.4, 0.5) is 13.2 Å². The van der Waals surface area contributed by atoms with Crippen LogP contribution in [0.3, 0.4) is 0 Å². The minimum Gasteiger partial charge on any atom is -0.465 e. The van der Waals surface area contributed by atoms with E-state index in [1.807, 2.05) is 0 Å². The molecule has 2 aromatic heterocycles. The fraction of sp³-hybridized carbons (Fsp3) is 0.278. The molecule has 0 amide bonds. The highest BCUT2D eigenvalue weighted by atomic mass is 19.4. The topological polar surface area (TPSA) is 83.6 Å². The minimum atomic E-state index is -4.73. The maximum Gasteiger partial charge on any atom is 0.449 e. The lowest BCUT2D eigenvalue weighted by atomic mass is 10.2. The van der Waals surface area contributed by atoms with Gasteiger partial charge in [-0.2, -0.15) is 13.2 Å². The number of methoxy groups -OCH3 is 1. The lowest BCUT2D eigenvalue weighted by Crippen LogP contribution is -2.20. The van der Waals surface area contributed by atoms with Gasteiger partial charge in [-0.1, -0.05) is 12.1 Å². The molecule has 0 aliphatic rings. The number of imidazole rings is 1. The Morgan fingerprint density at radius 2 is 1.96 bits per heavy atom. The lowest BCUT2D eigenvalue weighted by molar-refractivity contribution is -0.151. The van der Waals surface area contributed by atoms with E-state index in [1.54, 1.807) is 12.1 Å². The number of aromatic nitrogens is 2. The van der Waals surface area contributed by atoms with Crippen molar-refractivity contribution in [3.05, 3.63) is 53.2 Å². The number of halogens is 3. The van der Waals surface area contributed by atoms with Gasteiger partial charge in [0, 0.05) is 0 Å². The van der Waals surface area contributed by atoms with Crippen molar-refractivity contribution in [2.24, 2.45) is 0 Å². The molecule has 0 atom stereocenters. The van der Waals surface area contributed by atoms with Crippen LogP contribution in [-0.2, 0) is 33.6 Å². The van der Waals surface area contributed by atoms with E-state index in [9.17, 15) is 22.8 Å². The van der Waals surface area contributed by atoms with Gasteiger partial charge in [-0.3, -0.25) is 4.79 Å². The molecule has 0 saturated carbocycles. The van der Waals surface area contributed by atoms with Crippen LogP contribution in [0.2, 0.25) is 0 Å². The molecule has 10 heteroatoms. The molecule has 0 bridgehead atoms. The van der Waals surface area contributed by atoms with Crippen molar-refractivity contribution in [3.8, 4) is 0 Å². The second kappa shape index (κ2) is 7.37. The first-order chi connectivity index (χ1) is 13.2. The van der Waals surface area contributed by atoms with E-state index in [0.29, 0.717) is 0 Å². The third-order valence-corrected chi connectivity index (χ3v) is 3.94. The molecular weight excluding hydrogens is 381 g/mol. The highest BCUT2D eigenvalue weighted by molar-refractivity contribution is 5.90. The van der Waals surface area contributed by atoms with Gasteiger partial charge >= 0.3 is 18.1 Å². The first-order valence-electron chi connectivity index (χ1n) is 8.06. The molecule has 0 aliphatic carbocycles. The van der Waals surface area contributed by atoms with Crippen LogP contribution < -0.4 is 0 Å². The van der Waals surface area contributed by atoms with E-state index in [-0.39, 0.29) is 34.7 Å². The van der Waals surface area contributed by atoms with Crippen LogP contribution in [0.1, 0.15) is 27.7 Å². The third-order valence-electron chi connectivity index (χ3n) is 3.94. The number of benzene rings is 1. The summed E-state index contributed by atoms with van der Waals surface area (Å²) in [5.41, 5.74) is 0.453. The SMILES string of the molecule is COC(=O)c1cc(COC(=O)Cn2c(C(F)(F)F)nc3ccccc32)oc1C. The molecule has 7 nitrogen and oxygen atoms in total. The number of carbonyl (C=O) groups excluding carboxylic acids is 2. The number of hydrogen-bond acceptors (Lipinski definition) is 6. The Bertz CT molecular complexity index is 1040. The van der Waals surface area contributed by atoms with E-state index in [1.165, 1.54) is 32.2 Å². The van der Waals surface area contributed by atoms with Gasteiger partial charge in [0.25, 0.3) is 0 Å². The van der Waals surface area contributed by atoms with Crippen molar-refractivity contribution < 1.29 is 36.7 Å². The highest BCUT2D eigenvalue weighted by Gasteiger charge is 2.38. The molecule has 148 valence electrons. The van der Waals surface area contributed by atoms with Crippen LogP contribution >= 0.6 is 0 Å². The van der Waals surface area contributed by atoms with Crippen LogP contribution in [0.25, 0.3) is 11.0 Å². The number of aryl methyl sites for hydroxylation is 1. The molecule has 0 radical (unpaired) electrons. The Morgan fingerprint density at radius 3 is 2.64 bits per heavy atom. The molecule has 3 rings (SSSR count). The molecule has 0 fully saturated rings. The number of carbonyl (C=O) groups is 2. The van der Waals surface area contributed by atoms with Crippen molar-refractivity contribution in [2.75, 3.05) is 7.11 Å². The van der Waals surface area contributed by atoms with E-state index < -0.39 is 30.5 Å². The number of para-hydroxylation sites is 2. The van der Waals surface area contributed by atoms with E-state index >= 15 is 0 Å². The summed E-state index contributed by atoms with van der Waals surface area (Å²) in [6.45, 7) is 0.508. The summed E-state index contributed by atoms with van der Waals surface area (Å²) >= 11 is 0. The van der Waals surface area contributed by atoms with Crippen molar-refractivity contribution in [1.29, 1.82) is 0 Å². The largest absolute Gasteiger partial charge is 0.465 e. The monoisotopic (exact) mass is 396 g/mol. The zero-order valence-electron chi connectivity index (χ0n) is 14.9. The van der Waals surface area contributed by atoms with Crippen LogP contribution in [0, 0.1) is 6.92 Å². The number of alkyl halides is 3. The molecule has 28 heavy (non-hydrogen) atoms. The molecule has 0 saturated heterocycles. The summed E-state index contributed by atoms with van der Waals surface area (Å²) in [6.07, 6.45) is -4.73. The highest BCUT2D eigenvalue weighted by Crippen LogP contribution is 2.31. The molecule has 2 heterocycles. The second-order valence-electron chi connectivity index (χ2n) is 5.84. The van der Waals surface area contributed by atoms with Crippen molar-refractivity contribution in [2.45, 2.75) is 26.3 Å². The number of ether oxygens (including phenoxy) is 2. The molecule has 0 aliphatic heterocycles. The maximum atomic E-state index is 13.3. The first-order valence-corrected chi connectivity index (χ1v) is 8.06. The quantitative estimate of drug-likeness (QED) is 0.614. The van der Waals surface area contributed by atoms with Gasteiger partial charge in [0.1, 0.15) is 30.2 Å². The predicted octanol–water partition coefficient (Wildman–Crippen LogP) is 3.49. The van der Waals surface area contributed by atoms with Crippen molar-refractivity contribution >= 4 is 23.0 Å². The average molecular weight is 396 g/mol. The average Bonchev–Trinajstić information content (AvgIpc) is 3.20. The zero-order chi connectivity index (χ0) is 20.5. The van der Waals surface area contributed by atoms with Crippen molar-refractivity contribution in [3.63, 3.8) is 0 Å². The summed E-state index contributed by atoms with van der Waals surface area (Å²) < 4.78 is 55.4. The molecule has 1 aromatic carbocycles. The molecule has 0 spiro atoms. The molecular formula is C18H15F3N2O5. The number of hydrogen-bond donors (Lipinski definition) is 0. The smallest absolute Gasteiger partial charge is 0.449 e. The fourth-order valence-corrected chi connectivity index (χ4v) is 2.71. The molecule has 3 aromatic rings. The molecule has 0 unspecified atom stereocenters. The predicted molar refractivity (Wildman–Crippen MR) is 89.3 cm³/mol. The Hall–Kier alpha value is -3.30. The van der Waals surface area contributed by atoms with Gasteiger partial charge < -0.3 is 18.5 Å². The number of fused-ring (bicyclic) bond motifs is 1. The number of nitrogens with zero attached hydrogens (tertiary/aromatic N) is 2. The summed E-state index contributed by atoms with van der Waals surface area (Å²) in [5.74, 6) is -2.27. The fourth-order valence-electron chi connectivity index (χ4n) is 2.71. The zero-order valence-corrected chi connectivity index (χ0v) is 14.9. The maximum absolute atomic E-state index is 13.3. The van der Waals surface area contributed by atoms with Gasteiger partial charge in [-0.05, 0) is 25.1 Å². The lowest BCUT2D eigenvalue weighted by Gasteiger charge is -2.10. The van der Waals surface area contributed by atoms with Crippen LogP contribution in [-0.4, -0.2) is 28.6 Å². The summed E-state index contributed by atoms with van der Waals surface area (Å²) in [7, 11) is 1.21. The van der Waals surface area contributed by atoms with Crippen LogP contribution in [0.15, 0.2) is 34.7 Å². The number of esters is 2. The Labute approximate surface area is 156 Å². The van der Waals surface area contributed by atoms with Gasteiger partial charge in [0.15, 0.2) is 0 Å². The summed E-state index contributed by atoms with van der Waals surface area (Å²) in [4.78, 5) is 27.2. The molecule has 0 N–H and O–H groups in total. The normalized spacial score (nSPS) is 11.6. The van der Waals surface area contributed by atoms with E-state index in [0.717, 1.165) is 4.57 Å². The van der Waals surface area contributed by atoms with Gasteiger partial charge in [-0.25, -0.2) is 9.78 Å². The minimum absolute atomic E-state index is 0.118. The third kappa shape index (κ3) is 3.85. The number of rotatable bonds is 5. The summed E-state index contributed by atoms with van der Waals surface area (Å²) in [5, 5.41) is 0. The Kier molecular flexibility index (Phi) is 5.12. The van der Waals surface area contributed by atoms with Gasteiger partial charge in [-0.15, -0.1) is 0 Å². The van der Waals surface area contributed by atoms with Gasteiger partial charge in [0.2, 0.25) is 5.82 Å².